The van der Waals surface area contributed by atoms with Crippen molar-refractivity contribution >= 4 is 6.29 Å². The summed E-state index contributed by atoms with van der Waals surface area (Å²) in [5.41, 5.74) is 0. The molecule has 0 rings (SSSR count). The van der Waals surface area contributed by atoms with E-state index >= 15 is 0 Å². The van der Waals surface area contributed by atoms with Crippen LogP contribution in [0.3, 0.4) is 0 Å². The van der Waals surface area contributed by atoms with Crippen molar-refractivity contribution in [3.05, 3.63) is 0 Å². The van der Waals surface area contributed by atoms with Crippen molar-refractivity contribution in [1.29, 1.82) is 0 Å². The van der Waals surface area contributed by atoms with Gasteiger partial charge in [0.05, 0.1) is 19.3 Å². The van der Waals surface area contributed by atoms with Gasteiger partial charge in [0.25, 0.3) is 0 Å². The minimum absolute atomic E-state index is 0.147. The summed E-state index contributed by atoms with van der Waals surface area (Å²) in [6.07, 6.45) is 2.39. The number of carbonyl (C=O) groups is 1. The third-order valence-corrected chi connectivity index (χ3v) is 2.56. The Bertz CT molecular complexity index is 186. The van der Waals surface area contributed by atoms with Gasteiger partial charge in [0, 0.05) is 0 Å². The number of carbonyl (C=O) groups excluding carboxylic acids is 1. The van der Waals surface area contributed by atoms with Crippen LogP contribution in [-0.4, -0.2) is 53.1 Å². The van der Waals surface area contributed by atoms with Crippen molar-refractivity contribution in [3.8, 4) is 0 Å². The van der Waals surface area contributed by atoms with E-state index in [9.17, 15) is 9.90 Å². The summed E-state index contributed by atoms with van der Waals surface area (Å²) < 4.78 is 5.03. The topological polar surface area (TPSA) is 87.0 Å². The van der Waals surface area contributed by atoms with Crippen LogP contribution < -0.4 is 0 Å². The minimum atomic E-state index is -1.01. The van der Waals surface area contributed by atoms with Gasteiger partial charge < -0.3 is 24.9 Å². The second-order valence-electron chi connectivity index (χ2n) is 4.19. The van der Waals surface area contributed by atoms with Crippen molar-refractivity contribution in [2.75, 3.05) is 13.2 Å². The summed E-state index contributed by atoms with van der Waals surface area (Å²) >= 11 is 0. The highest BCUT2D eigenvalue weighted by Gasteiger charge is 2.19. The Morgan fingerprint density at radius 3 is 2.47 bits per heavy atom. The molecule has 3 atom stereocenters. The monoisotopic (exact) mass is 248 g/mol. The third-order valence-electron chi connectivity index (χ3n) is 2.56. The SMILES string of the molecule is CCCCCCC(O)C(C=O)OCC(O)CO. The summed E-state index contributed by atoms with van der Waals surface area (Å²) in [6.45, 7) is 1.54. The number of aldehydes is 1. The normalized spacial score (nSPS) is 16.5. The maximum Gasteiger partial charge on any atom is 0.151 e. The van der Waals surface area contributed by atoms with Gasteiger partial charge in [0.2, 0.25) is 0 Å². The molecule has 0 bridgehead atoms. The van der Waals surface area contributed by atoms with Crippen LogP contribution in [0.25, 0.3) is 0 Å². The zero-order chi connectivity index (χ0) is 13.1. The number of hydrogen-bond acceptors (Lipinski definition) is 5. The molecule has 0 aromatic heterocycles. The Hall–Kier alpha value is -0.490. The van der Waals surface area contributed by atoms with Crippen LogP contribution in [0.1, 0.15) is 39.0 Å². The van der Waals surface area contributed by atoms with Crippen LogP contribution in [0, 0.1) is 0 Å². The molecule has 0 amide bonds. The van der Waals surface area contributed by atoms with E-state index in [4.69, 9.17) is 14.9 Å². The molecular weight excluding hydrogens is 224 g/mol. The number of aliphatic hydroxyl groups excluding tert-OH is 3. The molecule has 0 heterocycles. The predicted octanol–water partition coefficient (Wildman–Crippen LogP) is 0.255. The second kappa shape index (κ2) is 10.7. The van der Waals surface area contributed by atoms with Crippen LogP contribution in [-0.2, 0) is 9.53 Å². The molecule has 5 nitrogen and oxygen atoms in total. The van der Waals surface area contributed by atoms with Crippen molar-refractivity contribution < 1.29 is 24.9 Å². The maximum atomic E-state index is 10.7. The van der Waals surface area contributed by atoms with Gasteiger partial charge in [-0.3, -0.25) is 0 Å². The van der Waals surface area contributed by atoms with E-state index in [1.54, 1.807) is 0 Å². The first kappa shape index (κ1) is 16.5. The van der Waals surface area contributed by atoms with Crippen LogP contribution in [0.5, 0.6) is 0 Å². The van der Waals surface area contributed by atoms with Gasteiger partial charge in [-0.2, -0.15) is 0 Å². The summed E-state index contributed by atoms with van der Waals surface area (Å²) in [7, 11) is 0. The molecule has 0 aliphatic carbocycles. The molecule has 3 N–H and O–H groups in total. The van der Waals surface area contributed by atoms with E-state index in [0.717, 1.165) is 25.7 Å². The number of aliphatic hydroxyl groups is 3. The number of unbranched alkanes of at least 4 members (excludes halogenated alkanes) is 3. The molecule has 102 valence electrons. The molecule has 5 heteroatoms. The summed E-state index contributed by atoms with van der Waals surface area (Å²) in [5, 5.41) is 27.3. The first-order valence-corrected chi connectivity index (χ1v) is 6.19. The van der Waals surface area contributed by atoms with E-state index in [1.807, 2.05) is 0 Å². The predicted molar refractivity (Wildman–Crippen MR) is 63.7 cm³/mol. The van der Waals surface area contributed by atoms with Gasteiger partial charge in [-0.1, -0.05) is 32.6 Å². The largest absolute Gasteiger partial charge is 0.394 e. The first-order chi connectivity index (χ1) is 8.15. The van der Waals surface area contributed by atoms with Crippen LogP contribution >= 0.6 is 0 Å². The van der Waals surface area contributed by atoms with Gasteiger partial charge in [-0.15, -0.1) is 0 Å². The fourth-order valence-electron chi connectivity index (χ4n) is 1.46. The lowest BCUT2D eigenvalue weighted by Crippen LogP contribution is -2.34. The van der Waals surface area contributed by atoms with Crippen LogP contribution in [0.2, 0.25) is 0 Å². The smallest absolute Gasteiger partial charge is 0.151 e. The zero-order valence-electron chi connectivity index (χ0n) is 10.4. The molecule has 0 saturated carbocycles. The van der Waals surface area contributed by atoms with Crippen molar-refractivity contribution in [2.24, 2.45) is 0 Å². The fraction of sp³-hybridized carbons (Fsp3) is 0.917. The van der Waals surface area contributed by atoms with Gasteiger partial charge >= 0.3 is 0 Å². The lowest BCUT2D eigenvalue weighted by atomic mass is 10.1. The quantitative estimate of drug-likeness (QED) is 0.360. The van der Waals surface area contributed by atoms with E-state index in [-0.39, 0.29) is 6.61 Å². The Morgan fingerprint density at radius 2 is 1.94 bits per heavy atom. The Kier molecular flexibility index (Phi) is 10.3. The van der Waals surface area contributed by atoms with Gasteiger partial charge in [0.1, 0.15) is 12.2 Å². The number of ether oxygens (including phenoxy) is 1. The first-order valence-electron chi connectivity index (χ1n) is 6.19. The molecule has 0 fully saturated rings. The molecule has 0 saturated heterocycles. The van der Waals surface area contributed by atoms with Crippen molar-refractivity contribution in [2.45, 2.75) is 57.3 Å². The van der Waals surface area contributed by atoms with E-state index in [0.29, 0.717) is 12.7 Å². The standard InChI is InChI=1S/C12H24O5/c1-2-3-4-5-6-11(16)12(8-14)17-9-10(15)7-13/h8,10-13,15-16H,2-7,9H2,1H3. The molecule has 0 spiro atoms. The summed E-state index contributed by atoms with van der Waals surface area (Å²) in [4.78, 5) is 10.7. The molecule has 0 aromatic rings. The molecule has 3 unspecified atom stereocenters. The molecule has 0 aliphatic rings. The lowest BCUT2D eigenvalue weighted by molar-refractivity contribution is -0.130. The molecule has 0 aromatic carbocycles. The Morgan fingerprint density at radius 1 is 1.24 bits per heavy atom. The third kappa shape index (κ3) is 8.26. The zero-order valence-corrected chi connectivity index (χ0v) is 10.4. The Labute approximate surface area is 102 Å². The molecular formula is C12H24O5. The molecule has 0 radical (unpaired) electrons. The average Bonchev–Trinajstić information content (AvgIpc) is 2.35. The highest BCUT2D eigenvalue weighted by molar-refractivity contribution is 5.57. The minimum Gasteiger partial charge on any atom is -0.394 e. The van der Waals surface area contributed by atoms with Crippen molar-refractivity contribution in [1.82, 2.24) is 0 Å². The van der Waals surface area contributed by atoms with Crippen LogP contribution in [0.15, 0.2) is 0 Å². The summed E-state index contributed by atoms with van der Waals surface area (Å²) in [5.74, 6) is 0. The lowest BCUT2D eigenvalue weighted by Gasteiger charge is -2.19. The van der Waals surface area contributed by atoms with E-state index in [2.05, 4.69) is 6.92 Å². The average molecular weight is 248 g/mol. The number of rotatable bonds is 11. The number of hydrogen-bond donors (Lipinski definition) is 3. The highest BCUT2D eigenvalue weighted by atomic mass is 16.5. The molecule has 17 heavy (non-hydrogen) atoms. The summed E-state index contributed by atoms with van der Waals surface area (Å²) in [6, 6.07) is 0. The van der Waals surface area contributed by atoms with Gasteiger partial charge in [-0.05, 0) is 6.42 Å². The van der Waals surface area contributed by atoms with E-state index in [1.165, 1.54) is 0 Å². The Balaban J connectivity index is 3.78. The van der Waals surface area contributed by atoms with Gasteiger partial charge in [0.15, 0.2) is 6.29 Å². The van der Waals surface area contributed by atoms with Gasteiger partial charge in [-0.25, -0.2) is 0 Å². The van der Waals surface area contributed by atoms with Crippen LogP contribution in [0.4, 0.5) is 0 Å². The molecule has 0 aliphatic heterocycles. The van der Waals surface area contributed by atoms with E-state index < -0.39 is 24.9 Å². The second-order valence-corrected chi connectivity index (χ2v) is 4.19. The highest BCUT2D eigenvalue weighted by Crippen LogP contribution is 2.09. The maximum absolute atomic E-state index is 10.7. The van der Waals surface area contributed by atoms with Crippen molar-refractivity contribution in [3.63, 3.8) is 0 Å². The fourth-order valence-corrected chi connectivity index (χ4v) is 1.46.